The summed E-state index contributed by atoms with van der Waals surface area (Å²) in [5, 5.41) is 30.1. The average Bonchev–Trinajstić information content (AvgIpc) is 2.99. The van der Waals surface area contributed by atoms with E-state index in [4.69, 9.17) is 4.74 Å². The Labute approximate surface area is 136 Å². The first-order valence-corrected chi connectivity index (χ1v) is 7.23. The highest BCUT2D eigenvalue weighted by molar-refractivity contribution is 6.17. The maximum absolute atomic E-state index is 12.5. The summed E-state index contributed by atoms with van der Waals surface area (Å²) in [5.41, 5.74) is 1.44. The molecule has 1 aromatic heterocycles. The van der Waals surface area contributed by atoms with E-state index in [1.54, 1.807) is 18.3 Å². The van der Waals surface area contributed by atoms with Gasteiger partial charge in [-0.2, -0.15) is 0 Å². The van der Waals surface area contributed by atoms with Crippen LogP contribution in [0.3, 0.4) is 0 Å². The topological polar surface area (TPSA) is 91.9 Å². The van der Waals surface area contributed by atoms with Crippen molar-refractivity contribution in [2.75, 3.05) is 0 Å². The van der Waals surface area contributed by atoms with Gasteiger partial charge in [0.1, 0.15) is 28.6 Å². The summed E-state index contributed by atoms with van der Waals surface area (Å²) in [5.74, 6) is -0.782. The monoisotopic (exact) mass is 323 g/mol. The zero-order chi connectivity index (χ0) is 17.0. The zero-order valence-corrected chi connectivity index (χ0v) is 12.6. The summed E-state index contributed by atoms with van der Waals surface area (Å²) in [7, 11) is 1.83. The van der Waals surface area contributed by atoms with Gasteiger partial charge in [-0.3, -0.25) is 4.79 Å². The van der Waals surface area contributed by atoms with Crippen molar-refractivity contribution in [2.24, 2.45) is 7.05 Å². The van der Waals surface area contributed by atoms with Crippen molar-refractivity contribution in [3.8, 4) is 23.0 Å². The average molecular weight is 323 g/mol. The van der Waals surface area contributed by atoms with Crippen LogP contribution in [0.15, 0.2) is 42.3 Å². The van der Waals surface area contributed by atoms with Gasteiger partial charge in [0.15, 0.2) is 5.76 Å². The van der Waals surface area contributed by atoms with Crippen molar-refractivity contribution in [1.29, 1.82) is 0 Å². The number of nitrogens with zero attached hydrogens (tertiary/aromatic N) is 1. The van der Waals surface area contributed by atoms with Gasteiger partial charge in [-0.05, 0) is 18.2 Å². The predicted octanol–water partition coefficient (Wildman–Crippen LogP) is 2.91. The Balaban J connectivity index is 1.87. The molecule has 0 amide bonds. The number of rotatable bonds is 1. The minimum absolute atomic E-state index is 0.0154. The van der Waals surface area contributed by atoms with Gasteiger partial charge in [0.25, 0.3) is 0 Å². The summed E-state index contributed by atoms with van der Waals surface area (Å²) < 4.78 is 7.31. The Kier molecular flexibility index (Phi) is 2.83. The van der Waals surface area contributed by atoms with Crippen molar-refractivity contribution in [3.63, 3.8) is 0 Å². The van der Waals surface area contributed by atoms with E-state index in [-0.39, 0.29) is 34.3 Å². The Hall–Kier alpha value is -3.41. The van der Waals surface area contributed by atoms with Gasteiger partial charge in [0, 0.05) is 36.3 Å². The van der Waals surface area contributed by atoms with Gasteiger partial charge in [0.2, 0.25) is 5.78 Å². The Morgan fingerprint density at radius 1 is 1.12 bits per heavy atom. The number of ether oxygens (including phenoxy) is 1. The third-order valence-corrected chi connectivity index (χ3v) is 4.05. The number of hydrogen-bond acceptors (Lipinski definition) is 5. The summed E-state index contributed by atoms with van der Waals surface area (Å²) >= 11 is 0. The van der Waals surface area contributed by atoms with Crippen LogP contribution in [-0.2, 0) is 7.05 Å². The molecule has 0 saturated carbocycles. The molecule has 120 valence electrons. The second-order valence-electron chi connectivity index (χ2n) is 5.64. The molecule has 0 aliphatic carbocycles. The number of allylic oxidation sites excluding steroid dienone is 1. The lowest BCUT2D eigenvalue weighted by atomic mass is 10.1. The summed E-state index contributed by atoms with van der Waals surface area (Å²) in [6.45, 7) is 0. The van der Waals surface area contributed by atoms with E-state index in [0.717, 1.165) is 11.6 Å². The van der Waals surface area contributed by atoms with Gasteiger partial charge >= 0.3 is 0 Å². The first kappa shape index (κ1) is 14.2. The van der Waals surface area contributed by atoms with E-state index in [1.807, 2.05) is 17.7 Å². The van der Waals surface area contributed by atoms with Crippen LogP contribution in [0.25, 0.3) is 17.0 Å². The highest BCUT2D eigenvalue weighted by Crippen LogP contribution is 2.41. The molecule has 0 atom stereocenters. The van der Waals surface area contributed by atoms with Gasteiger partial charge in [-0.15, -0.1) is 0 Å². The van der Waals surface area contributed by atoms with Crippen molar-refractivity contribution in [1.82, 2.24) is 4.57 Å². The lowest BCUT2D eigenvalue weighted by Crippen LogP contribution is -1.98. The molecule has 0 saturated heterocycles. The molecular formula is C18H13NO5. The third kappa shape index (κ3) is 1.93. The molecule has 2 aromatic carbocycles. The molecule has 0 bridgehead atoms. The summed E-state index contributed by atoms with van der Waals surface area (Å²) in [6, 6.07) is 7.52. The zero-order valence-electron chi connectivity index (χ0n) is 12.6. The highest BCUT2D eigenvalue weighted by Gasteiger charge is 2.31. The van der Waals surface area contributed by atoms with Crippen LogP contribution in [-0.4, -0.2) is 25.7 Å². The number of aromatic nitrogens is 1. The van der Waals surface area contributed by atoms with Gasteiger partial charge in [0.05, 0.1) is 5.52 Å². The number of phenols is 3. The van der Waals surface area contributed by atoms with Crippen LogP contribution in [0.2, 0.25) is 0 Å². The SMILES string of the molecule is Cn1cc(C=C2Oc3cc(O)cc(O)c3C2=O)c2c(O)cccc21. The number of carbonyl (C=O) groups excluding carboxylic acids is 1. The molecule has 24 heavy (non-hydrogen) atoms. The highest BCUT2D eigenvalue weighted by atomic mass is 16.5. The fraction of sp³-hybridized carbons (Fsp3) is 0.0556. The number of ketones is 1. The first-order chi connectivity index (χ1) is 11.5. The van der Waals surface area contributed by atoms with Crippen LogP contribution in [0.1, 0.15) is 15.9 Å². The predicted molar refractivity (Wildman–Crippen MR) is 87.3 cm³/mol. The van der Waals surface area contributed by atoms with Crippen molar-refractivity contribution >= 4 is 22.8 Å². The molecule has 0 radical (unpaired) electrons. The minimum atomic E-state index is -0.477. The fourth-order valence-corrected chi connectivity index (χ4v) is 2.99. The maximum Gasteiger partial charge on any atom is 0.235 e. The van der Waals surface area contributed by atoms with E-state index < -0.39 is 5.78 Å². The molecule has 3 aromatic rings. The molecule has 4 rings (SSSR count). The molecule has 6 heteroatoms. The van der Waals surface area contributed by atoms with Crippen molar-refractivity contribution in [2.45, 2.75) is 0 Å². The van der Waals surface area contributed by atoms with Crippen LogP contribution < -0.4 is 4.74 Å². The van der Waals surface area contributed by atoms with Gasteiger partial charge in [-0.25, -0.2) is 0 Å². The number of aromatic hydroxyl groups is 3. The second kappa shape index (κ2) is 4.79. The van der Waals surface area contributed by atoms with Crippen molar-refractivity contribution < 1.29 is 24.9 Å². The van der Waals surface area contributed by atoms with Crippen LogP contribution in [0, 0.1) is 0 Å². The maximum atomic E-state index is 12.5. The summed E-state index contributed by atoms with van der Waals surface area (Å²) in [4.78, 5) is 12.5. The summed E-state index contributed by atoms with van der Waals surface area (Å²) in [6.07, 6.45) is 3.29. The molecule has 0 fully saturated rings. The van der Waals surface area contributed by atoms with E-state index >= 15 is 0 Å². The second-order valence-corrected chi connectivity index (χ2v) is 5.64. The molecule has 1 aliphatic heterocycles. The number of aryl methyl sites for hydroxylation is 1. The largest absolute Gasteiger partial charge is 0.508 e. The number of fused-ring (bicyclic) bond motifs is 2. The van der Waals surface area contributed by atoms with Gasteiger partial charge in [-0.1, -0.05) is 6.07 Å². The lowest BCUT2D eigenvalue weighted by Gasteiger charge is -2.00. The molecule has 3 N–H and O–H groups in total. The molecule has 0 spiro atoms. The molecule has 6 nitrogen and oxygen atoms in total. The molecule has 1 aliphatic rings. The number of Topliss-reactive ketones (excluding diaryl/α,β-unsaturated/α-hetero) is 1. The van der Waals surface area contributed by atoms with E-state index in [0.29, 0.717) is 10.9 Å². The van der Waals surface area contributed by atoms with E-state index in [9.17, 15) is 20.1 Å². The number of benzene rings is 2. The van der Waals surface area contributed by atoms with Crippen molar-refractivity contribution in [3.05, 3.63) is 53.4 Å². The fourth-order valence-electron chi connectivity index (χ4n) is 2.99. The lowest BCUT2D eigenvalue weighted by molar-refractivity contribution is 0.101. The Bertz CT molecular complexity index is 1050. The smallest absolute Gasteiger partial charge is 0.235 e. The molecule has 0 unspecified atom stereocenters. The van der Waals surface area contributed by atoms with E-state index in [2.05, 4.69) is 0 Å². The van der Waals surface area contributed by atoms with Crippen LogP contribution >= 0.6 is 0 Å². The normalized spacial score (nSPS) is 15.0. The quantitative estimate of drug-likeness (QED) is 0.599. The first-order valence-electron chi connectivity index (χ1n) is 7.23. The van der Waals surface area contributed by atoms with Gasteiger partial charge < -0.3 is 24.6 Å². The number of phenolic OH excluding ortho intramolecular Hbond substituents is 3. The standard InChI is InChI=1S/C18H13NO5/c1-19-8-9(16-11(19)3-2-4-12(16)21)5-15-18(23)17-13(22)6-10(20)7-14(17)24-15/h2-8,20-22H,1H3. The minimum Gasteiger partial charge on any atom is -0.508 e. The number of hydrogen-bond donors (Lipinski definition) is 3. The third-order valence-electron chi connectivity index (χ3n) is 4.05. The van der Waals surface area contributed by atoms with Crippen LogP contribution in [0.5, 0.6) is 23.0 Å². The molecule has 2 heterocycles. The van der Waals surface area contributed by atoms with E-state index in [1.165, 1.54) is 12.1 Å². The Morgan fingerprint density at radius 3 is 2.71 bits per heavy atom. The number of carbonyl (C=O) groups is 1. The molecular weight excluding hydrogens is 310 g/mol. The Morgan fingerprint density at radius 2 is 1.92 bits per heavy atom. The van der Waals surface area contributed by atoms with Crippen LogP contribution in [0.4, 0.5) is 0 Å².